The molecule has 3 rings (SSSR count). The number of hydrogen-bond acceptors (Lipinski definition) is 4. The van der Waals surface area contributed by atoms with Crippen molar-refractivity contribution in [2.75, 3.05) is 0 Å². The minimum absolute atomic E-state index is 0.0753. The molecule has 0 saturated heterocycles. The van der Waals surface area contributed by atoms with E-state index in [1.54, 1.807) is 6.92 Å². The van der Waals surface area contributed by atoms with Crippen LogP contribution in [-0.2, 0) is 20.9 Å². The minimum atomic E-state index is -0.712. The highest BCUT2D eigenvalue weighted by Crippen LogP contribution is 2.67. The Morgan fingerprint density at radius 3 is 2.58 bits per heavy atom. The number of fused-ring (bicyclic) bond motifs is 1. The highest BCUT2D eigenvalue weighted by molar-refractivity contribution is 6.07. The summed E-state index contributed by atoms with van der Waals surface area (Å²) >= 11 is 0. The third kappa shape index (κ3) is 2.54. The van der Waals surface area contributed by atoms with Gasteiger partial charge in [0.1, 0.15) is 6.61 Å². The van der Waals surface area contributed by atoms with E-state index in [0.717, 1.165) is 12.0 Å². The smallest absolute Gasteiger partial charge is 0.313 e. The number of primary amides is 1. The van der Waals surface area contributed by atoms with Gasteiger partial charge in [-0.2, -0.15) is 0 Å². The molecule has 1 aromatic carbocycles. The molecule has 2 aliphatic rings. The maximum atomic E-state index is 12.7. The fourth-order valence-corrected chi connectivity index (χ4v) is 4.04. The fraction of sp³-hybridized carbons (Fsp3) is 0.421. The summed E-state index contributed by atoms with van der Waals surface area (Å²) in [6, 6.07) is 9.51. The van der Waals surface area contributed by atoms with Crippen LogP contribution in [0.15, 0.2) is 41.5 Å². The largest absolute Gasteiger partial charge is 0.460 e. The number of amides is 1. The molecule has 5 heteroatoms. The summed E-state index contributed by atoms with van der Waals surface area (Å²) in [5.41, 5.74) is 7.28. The van der Waals surface area contributed by atoms with E-state index in [0.29, 0.717) is 23.3 Å². The van der Waals surface area contributed by atoms with E-state index in [1.165, 1.54) is 0 Å². The van der Waals surface area contributed by atoms with Crippen molar-refractivity contribution in [2.45, 2.75) is 33.3 Å². The predicted molar refractivity (Wildman–Crippen MR) is 90.2 cm³/mol. The first-order chi connectivity index (χ1) is 11.4. The number of carbonyl (C=O) groups is 2. The van der Waals surface area contributed by atoms with Gasteiger partial charge < -0.3 is 15.9 Å². The molecule has 3 unspecified atom stereocenters. The Kier molecular flexibility index (Phi) is 4.03. The third-order valence-electron chi connectivity index (χ3n) is 5.42. The van der Waals surface area contributed by atoms with Crippen molar-refractivity contribution >= 4 is 17.6 Å². The molecule has 126 valence electrons. The van der Waals surface area contributed by atoms with E-state index >= 15 is 0 Å². The van der Waals surface area contributed by atoms with Gasteiger partial charge >= 0.3 is 5.97 Å². The summed E-state index contributed by atoms with van der Waals surface area (Å²) < 4.78 is 5.50. The topological polar surface area (TPSA) is 93.2 Å². The van der Waals surface area contributed by atoms with Crippen LogP contribution in [0.1, 0.15) is 32.3 Å². The van der Waals surface area contributed by atoms with Gasteiger partial charge in [0.2, 0.25) is 5.91 Å². The number of rotatable bonds is 5. The molecule has 0 bridgehead atoms. The second-order valence-corrected chi connectivity index (χ2v) is 6.85. The van der Waals surface area contributed by atoms with Gasteiger partial charge in [-0.3, -0.25) is 9.59 Å². The Morgan fingerprint density at radius 2 is 2.00 bits per heavy atom. The normalized spacial score (nSPS) is 28.1. The molecule has 0 heterocycles. The predicted octanol–water partition coefficient (Wildman–Crippen LogP) is 2.60. The first kappa shape index (κ1) is 16.4. The highest BCUT2D eigenvalue weighted by Gasteiger charge is 2.70. The van der Waals surface area contributed by atoms with Crippen LogP contribution in [0.2, 0.25) is 0 Å². The standard InChI is InChI=1S/C19H22N2O3/c1-11(20)13-8-9-14-16(15(13)17(21)22)19(14,2)18(23)24-10-12-6-4-3-5-7-12/h3-7,14,16,20H,8-10H2,1-2H3,(H2,21,22). The minimum Gasteiger partial charge on any atom is -0.460 e. The lowest BCUT2D eigenvalue weighted by molar-refractivity contribution is -0.151. The Labute approximate surface area is 141 Å². The summed E-state index contributed by atoms with van der Waals surface area (Å²) in [4.78, 5) is 24.6. The van der Waals surface area contributed by atoms with Gasteiger partial charge in [0, 0.05) is 17.2 Å². The van der Waals surface area contributed by atoms with Crippen molar-refractivity contribution in [1.29, 1.82) is 5.41 Å². The lowest BCUT2D eigenvalue weighted by atomic mass is 9.89. The Hall–Kier alpha value is -2.43. The van der Waals surface area contributed by atoms with E-state index in [9.17, 15) is 9.59 Å². The quantitative estimate of drug-likeness (QED) is 0.643. The van der Waals surface area contributed by atoms with Gasteiger partial charge in [-0.15, -0.1) is 0 Å². The summed E-state index contributed by atoms with van der Waals surface area (Å²) in [5.74, 6) is -0.955. The molecule has 3 N–H and O–H groups in total. The molecule has 0 spiro atoms. The number of carbonyl (C=O) groups excluding carboxylic acids is 2. The molecule has 24 heavy (non-hydrogen) atoms. The average Bonchev–Trinajstić information content (AvgIpc) is 3.19. The van der Waals surface area contributed by atoms with Crippen LogP contribution in [0.25, 0.3) is 0 Å². The molecular formula is C19H22N2O3. The van der Waals surface area contributed by atoms with Gasteiger partial charge in [0.05, 0.1) is 5.41 Å². The van der Waals surface area contributed by atoms with E-state index in [2.05, 4.69) is 0 Å². The van der Waals surface area contributed by atoms with E-state index in [4.69, 9.17) is 15.9 Å². The van der Waals surface area contributed by atoms with Crippen molar-refractivity contribution in [1.82, 2.24) is 0 Å². The van der Waals surface area contributed by atoms with Gasteiger partial charge in [0.15, 0.2) is 0 Å². The zero-order chi connectivity index (χ0) is 17.5. The number of nitrogens with two attached hydrogens (primary N) is 1. The SMILES string of the molecule is CC(=N)C1=C(C(N)=O)C2C(CC1)C2(C)C(=O)OCc1ccccc1. The Morgan fingerprint density at radius 1 is 1.33 bits per heavy atom. The molecule has 0 aliphatic heterocycles. The number of hydrogen-bond donors (Lipinski definition) is 2. The summed E-state index contributed by atoms with van der Waals surface area (Å²) in [5, 5.41) is 7.87. The monoisotopic (exact) mass is 326 g/mol. The third-order valence-corrected chi connectivity index (χ3v) is 5.42. The zero-order valence-electron chi connectivity index (χ0n) is 14.0. The summed E-state index contributed by atoms with van der Waals surface area (Å²) in [6.45, 7) is 3.73. The Balaban J connectivity index is 1.79. The van der Waals surface area contributed by atoms with Gasteiger partial charge in [-0.05, 0) is 43.7 Å². The molecule has 0 aromatic heterocycles. The molecule has 0 radical (unpaired) electrons. The van der Waals surface area contributed by atoms with Crippen LogP contribution < -0.4 is 5.73 Å². The molecule has 3 atom stereocenters. The first-order valence-corrected chi connectivity index (χ1v) is 8.17. The molecule has 2 aliphatic carbocycles. The summed E-state index contributed by atoms with van der Waals surface area (Å²) in [7, 11) is 0. The highest BCUT2D eigenvalue weighted by atomic mass is 16.5. The maximum absolute atomic E-state index is 12.7. The summed E-state index contributed by atoms with van der Waals surface area (Å²) in [6.07, 6.45) is 1.40. The Bertz CT molecular complexity index is 738. The van der Waals surface area contributed by atoms with E-state index in [-0.39, 0.29) is 24.4 Å². The van der Waals surface area contributed by atoms with Crippen LogP contribution in [0.4, 0.5) is 0 Å². The number of ether oxygens (including phenoxy) is 1. The van der Waals surface area contributed by atoms with Crippen LogP contribution in [0, 0.1) is 22.7 Å². The molecule has 1 fully saturated rings. The second-order valence-electron chi connectivity index (χ2n) is 6.85. The number of nitrogens with one attached hydrogen (secondary N) is 1. The zero-order valence-corrected chi connectivity index (χ0v) is 14.0. The van der Waals surface area contributed by atoms with Crippen molar-refractivity contribution in [2.24, 2.45) is 23.0 Å². The number of esters is 1. The number of allylic oxidation sites excluding steroid dienone is 1. The van der Waals surface area contributed by atoms with Crippen molar-refractivity contribution in [3.8, 4) is 0 Å². The molecule has 1 amide bonds. The van der Waals surface area contributed by atoms with E-state index in [1.807, 2.05) is 37.3 Å². The van der Waals surface area contributed by atoms with E-state index < -0.39 is 11.3 Å². The molecule has 1 aromatic rings. The fourth-order valence-electron chi connectivity index (χ4n) is 4.04. The average molecular weight is 326 g/mol. The molecule has 5 nitrogen and oxygen atoms in total. The lowest BCUT2D eigenvalue weighted by Crippen LogP contribution is -2.25. The van der Waals surface area contributed by atoms with Crippen molar-refractivity contribution in [3.63, 3.8) is 0 Å². The van der Waals surface area contributed by atoms with Crippen LogP contribution >= 0.6 is 0 Å². The molecule has 1 saturated carbocycles. The number of benzene rings is 1. The van der Waals surface area contributed by atoms with Gasteiger partial charge in [-0.1, -0.05) is 30.3 Å². The first-order valence-electron chi connectivity index (χ1n) is 8.17. The van der Waals surface area contributed by atoms with Crippen LogP contribution in [0.5, 0.6) is 0 Å². The second kappa shape index (κ2) is 5.89. The van der Waals surface area contributed by atoms with Crippen molar-refractivity contribution < 1.29 is 14.3 Å². The van der Waals surface area contributed by atoms with Crippen LogP contribution in [-0.4, -0.2) is 17.6 Å². The van der Waals surface area contributed by atoms with Crippen molar-refractivity contribution in [3.05, 3.63) is 47.0 Å². The van der Waals surface area contributed by atoms with Gasteiger partial charge in [0.25, 0.3) is 0 Å². The molecular weight excluding hydrogens is 304 g/mol. The van der Waals surface area contributed by atoms with Gasteiger partial charge in [-0.25, -0.2) is 0 Å². The lowest BCUT2D eigenvalue weighted by Gasteiger charge is -2.16. The maximum Gasteiger partial charge on any atom is 0.313 e. The van der Waals surface area contributed by atoms with Crippen LogP contribution in [0.3, 0.4) is 0 Å².